The number of hydroxylamine groups is 1. The van der Waals surface area contributed by atoms with Gasteiger partial charge in [-0.1, -0.05) is 32.0 Å². The van der Waals surface area contributed by atoms with Crippen LogP contribution in [0.25, 0.3) is 10.9 Å². The summed E-state index contributed by atoms with van der Waals surface area (Å²) < 4.78 is 0. The van der Waals surface area contributed by atoms with E-state index in [4.69, 9.17) is 10.9 Å². The van der Waals surface area contributed by atoms with E-state index in [1.165, 1.54) is 5.48 Å². The van der Waals surface area contributed by atoms with Crippen LogP contribution in [0.1, 0.15) is 32.4 Å². The van der Waals surface area contributed by atoms with E-state index in [1.807, 2.05) is 44.2 Å². The van der Waals surface area contributed by atoms with Crippen LogP contribution in [0.5, 0.6) is 0 Å². The van der Waals surface area contributed by atoms with Gasteiger partial charge in [0.15, 0.2) is 0 Å². The minimum absolute atomic E-state index is 0.160. The Hall–Kier alpha value is -2.87. The molecule has 2 rings (SSSR count). The van der Waals surface area contributed by atoms with Gasteiger partial charge in [0, 0.05) is 30.0 Å². The average Bonchev–Trinajstić information content (AvgIpc) is 3.02. The van der Waals surface area contributed by atoms with Crippen molar-refractivity contribution in [2.75, 3.05) is 0 Å². The number of amides is 3. The molecule has 1 aromatic carbocycles. The lowest BCUT2D eigenvalue weighted by Gasteiger charge is -2.21. The summed E-state index contributed by atoms with van der Waals surface area (Å²) in [7, 11) is 0. The molecule has 0 saturated carbocycles. The Balaban J connectivity index is 2.11. The number of carbonyl (C=O) groups excluding carboxylic acids is 3. The third-order valence-corrected chi connectivity index (χ3v) is 4.35. The van der Waals surface area contributed by atoms with E-state index in [2.05, 4.69) is 10.3 Å². The third-order valence-electron chi connectivity index (χ3n) is 4.35. The standard InChI is InChI=1S/C19H26N4O4/c1-11(2)7-13(9-17(24)23-27)19(26)22-16(18(20)25)10-14-8-12-5-3-4-6-15(12)21-14/h3-6,8,11,13,16,21,27H,7,9-10H2,1-2H3,(H2,20,25)(H,22,26)(H,23,24)/t13-,16+/m1/s1. The maximum Gasteiger partial charge on any atom is 0.244 e. The van der Waals surface area contributed by atoms with Crippen LogP contribution in [-0.4, -0.2) is 34.0 Å². The minimum Gasteiger partial charge on any atom is -0.368 e. The number of aromatic amines is 1. The lowest BCUT2D eigenvalue weighted by atomic mass is 9.92. The van der Waals surface area contributed by atoms with Crippen molar-refractivity contribution in [3.05, 3.63) is 36.0 Å². The second-order valence-electron chi connectivity index (χ2n) is 7.12. The molecule has 0 unspecified atom stereocenters. The monoisotopic (exact) mass is 374 g/mol. The molecule has 1 heterocycles. The van der Waals surface area contributed by atoms with Gasteiger partial charge in [0.25, 0.3) is 0 Å². The largest absolute Gasteiger partial charge is 0.368 e. The van der Waals surface area contributed by atoms with Crippen LogP contribution in [0, 0.1) is 11.8 Å². The molecule has 6 N–H and O–H groups in total. The molecule has 2 aromatic rings. The van der Waals surface area contributed by atoms with Crippen molar-refractivity contribution >= 4 is 28.6 Å². The average molecular weight is 374 g/mol. The van der Waals surface area contributed by atoms with E-state index in [1.54, 1.807) is 0 Å². The fourth-order valence-corrected chi connectivity index (χ4v) is 3.10. The lowest BCUT2D eigenvalue weighted by Crippen LogP contribution is -2.48. The normalized spacial score (nSPS) is 13.3. The Morgan fingerprint density at radius 1 is 1.22 bits per heavy atom. The van der Waals surface area contributed by atoms with Crippen molar-refractivity contribution in [3.8, 4) is 0 Å². The van der Waals surface area contributed by atoms with Crippen LogP contribution in [0.4, 0.5) is 0 Å². The molecule has 0 aliphatic carbocycles. The van der Waals surface area contributed by atoms with E-state index in [0.717, 1.165) is 16.6 Å². The molecule has 0 bridgehead atoms. The summed E-state index contributed by atoms with van der Waals surface area (Å²) in [5.41, 5.74) is 8.71. The zero-order chi connectivity index (χ0) is 20.0. The number of fused-ring (bicyclic) bond motifs is 1. The number of benzene rings is 1. The molecule has 146 valence electrons. The van der Waals surface area contributed by atoms with Gasteiger partial charge in [0.2, 0.25) is 17.7 Å². The first kappa shape index (κ1) is 20.4. The number of hydrogen-bond acceptors (Lipinski definition) is 4. The summed E-state index contributed by atoms with van der Waals surface area (Å²) in [6.45, 7) is 3.85. The predicted octanol–water partition coefficient (Wildman–Crippen LogP) is 1.24. The van der Waals surface area contributed by atoms with Crippen molar-refractivity contribution in [2.45, 2.75) is 39.2 Å². The highest BCUT2D eigenvalue weighted by atomic mass is 16.5. The SMILES string of the molecule is CC(C)C[C@H](CC(=O)NO)C(=O)N[C@@H](Cc1cc2ccccc2[nH]1)C(N)=O. The number of aromatic nitrogens is 1. The molecule has 3 amide bonds. The molecule has 27 heavy (non-hydrogen) atoms. The van der Waals surface area contributed by atoms with Crippen molar-refractivity contribution in [2.24, 2.45) is 17.6 Å². The summed E-state index contributed by atoms with van der Waals surface area (Å²) in [4.78, 5) is 39.1. The topological polar surface area (TPSA) is 137 Å². The smallest absolute Gasteiger partial charge is 0.244 e. The Morgan fingerprint density at radius 3 is 2.52 bits per heavy atom. The summed E-state index contributed by atoms with van der Waals surface area (Å²) in [5, 5.41) is 12.4. The molecule has 0 radical (unpaired) electrons. The molecule has 0 saturated heterocycles. The lowest BCUT2D eigenvalue weighted by molar-refractivity contribution is -0.136. The Morgan fingerprint density at radius 2 is 1.93 bits per heavy atom. The Bertz CT molecular complexity index is 782. The van der Waals surface area contributed by atoms with Crippen LogP contribution in [0.15, 0.2) is 30.3 Å². The van der Waals surface area contributed by atoms with Gasteiger partial charge < -0.3 is 16.0 Å². The zero-order valence-corrected chi connectivity index (χ0v) is 15.5. The predicted molar refractivity (Wildman–Crippen MR) is 101 cm³/mol. The van der Waals surface area contributed by atoms with E-state index in [0.29, 0.717) is 6.42 Å². The Labute approximate surface area is 157 Å². The molecule has 8 heteroatoms. The van der Waals surface area contributed by atoms with E-state index < -0.39 is 29.7 Å². The zero-order valence-electron chi connectivity index (χ0n) is 15.5. The molecule has 1 aromatic heterocycles. The second-order valence-corrected chi connectivity index (χ2v) is 7.12. The van der Waals surface area contributed by atoms with Gasteiger partial charge >= 0.3 is 0 Å². The molecule has 2 atom stereocenters. The number of hydrogen-bond donors (Lipinski definition) is 5. The Kier molecular flexibility index (Phi) is 6.95. The van der Waals surface area contributed by atoms with Crippen molar-refractivity contribution in [3.63, 3.8) is 0 Å². The first-order chi connectivity index (χ1) is 12.8. The number of rotatable bonds is 9. The first-order valence-electron chi connectivity index (χ1n) is 8.89. The molecule has 0 aliphatic rings. The van der Waals surface area contributed by atoms with Crippen molar-refractivity contribution in [1.82, 2.24) is 15.8 Å². The summed E-state index contributed by atoms with van der Waals surface area (Å²) in [5.74, 6) is -2.25. The molecule has 0 aliphatic heterocycles. The maximum atomic E-state index is 12.6. The fourth-order valence-electron chi connectivity index (χ4n) is 3.10. The highest BCUT2D eigenvalue weighted by Crippen LogP contribution is 2.18. The summed E-state index contributed by atoms with van der Waals surface area (Å²) in [6.07, 6.45) is 0.492. The summed E-state index contributed by atoms with van der Waals surface area (Å²) >= 11 is 0. The number of carbonyl (C=O) groups is 3. The van der Waals surface area contributed by atoms with E-state index in [9.17, 15) is 14.4 Å². The molecular weight excluding hydrogens is 348 g/mol. The van der Waals surface area contributed by atoms with Gasteiger partial charge in [-0.2, -0.15) is 0 Å². The van der Waals surface area contributed by atoms with Gasteiger partial charge in [0.05, 0.1) is 0 Å². The molecule has 0 spiro atoms. The van der Waals surface area contributed by atoms with Crippen molar-refractivity contribution < 1.29 is 19.6 Å². The van der Waals surface area contributed by atoms with Crippen LogP contribution in [0.3, 0.4) is 0 Å². The molecule has 8 nitrogen and oxygen atoms in total. The van der Waals surface area contributed by atoms with E-state index in [-0.39, 0.29) is 18.8 Å². The quantitative estimate of drug-likeness (QED) is 0.333. The molecular formula is C19H26N4O4. The number of primary amides is 1. The van der Waals surface area contributed by atoms with Gasteiger partial charge in [0.1, 0.15) is 6.04 Å². The molecule has 0 fully saturated rings. The van der Waals surface area contributed by atoms with Crippen LogP contribution in [-0.2, 0) is 20.8 Å². The summed E-state index contributed by atoms with van der Waals surface area (Å²) in [6, 6.07) is 8.68. The van der Waals surface area contributed by atoms with Crippen LogP contribution >= 0.6 is 0 Å². The van der Waals surface area contributed by atoms with Crippen LogP contribution < -0.4 is 16.5 Å². The van der Waals surface area contributed by atoms with E-state index >= 15 is 0 Å². The highest BCUT2D eigenvalue weighted by Gasteiger charge is 2.27. The second kappa shape index (κ2) is 9.18. The van der Waals surface area contributed by atoms with Gasteiger partial charge in [-0.25, -0.2) is 5.48 Å². The number of nitrogens with two attached hydrogens (primary N) is 1. The highest BCUT2D eigenvalue weighted by molar-refractivity contribution is 5.90. The number of nitrogens with one attached hydrogen (secondary N) is 3. The maximum absolute atomic E-state index is 12.6. The first-order valence-corrected chi connectivity index (χ1v) is 8.89. The fraction of sp³-hybridized carbons (Fsp3) is 0.421. The van der Waals surface area contributed by atoms with Gasteiger partial charge in [-0.05, 0) is 29.9 Å². The minimum atomic E-state index is -0.905. The van der Waals surface area contributed by atoms with Crippen LogP contribution in [0.2, 0.25) is 0 Å². The van der Waals surface area contributed by atoms with Gasteiger partial charge in [-0.3, -0.25) is 19.6 Å². The van der Waals surface area contributed by atoms with Crippen molar-refractivity contribution in [1.29, 1.82) is 0 Å². The number of para-hydroxylation sites is 1. The third kappa shape index (κ3) is 5.82. The van der Waals surface area contributed by atoms with Gasteiger partial charge in [-0.15, -0.1) is 0 Å². The number of H-pyrrole nitrogens is 1.